The summed E-state index contributed by atoms with van der Waals surface area (Å²) in [6, 6.07) is 0. The number of nitrogens with one attached hydrogen (secondary N) is 1. The van der Waals surface area contributed by atoms with Gasteiger partial charge >= 0.3 is 0 Å². The highest BCUT2D eigenvalue weighted by Crippen LogP contribution is 2.34. The number of carbonyl (C=O) groups is 1. The van der Waals surface area contributed by atoms with Gasteiger partial charge in [0, 0.05) is 12.1 Å². The van der Waals surface area contributed by atoms with Crippen molar-refractivity contribution in [2.45, 2.75) is 38.0 Å². The van der Waals surface area contributed by atoms with Crippen LogP contribution in [0.2, 0.25) is 0 Å². The predicted octanol–water partition coefficient (Wildman–Crippen LogP) is 0.585. The minimum Gasteiger partial charge on any atom is -0.365 e. The molecule has 20 heavy (non-hydrogen) atoms. The molecule has 1 amide bonds. The number of nitrogens with zero attached hydrogens (tertiary/aromatic N) is 2. The summed E-state index contributed by atoms with van der Waals surface area (Å²) in [6.07, 6.45) is 6.73. The number of H-pyrrole nitrogens is 1. The number of amides is 1. The van der Waals surface area contributed by atoms with E-state index in [4.69, 9.17) is 11.6 Å². The number of hydrogen-bond acceptors (Lipinski definition) is 4. The van der Waals surface area contributed by atoms with Crippen molar-refractivity contribution in [1.29, 1.82) is 0 Å². The van der Waals surface area contributed by atoms with Crippen LogP contribution in [-0.2, 0) is 0 Å². The lowest BCUT2D eigenvalue weighted by molar-refractivity contribution is 0.0999. The second kappa shape index (κ2) is 4.66. The van der Waals surface area contributed by atoms with E-state index in [2.05, 4.69) is 10.1 Å². The lowest BCUT2D eigenvalue weighted by Gasteiger charge is -2.19. The average molecular weight is 275 g/mol. The lowest BCUT2D eigenvalue weighted by atomic mass is 9.86. The molecular weight excluding hydrogens is 258 g/mol. The third-order valence-corrected chi connectivity index (χ3v) is 4.02. The van der Waals surface area contributed by atoms with Crippen LogP contribution in [0.25, 0.3) is 11.0 Å². The summed E-state index contributed by atoms with van der Waals surface area (Å²) in [5.41, 5.74) is 5.90. The summed E-state index contributed by atoms with van der Waals surface area (Å²) in [6.45, 7) is 0. The van der Waals surface area contributed by atoms with Gasteiger partial charge in [0.25, 0.3) is 5.91 Å². The molecule has 0 spiro atoms. The van der Waals surface area contributed by atoms with Gasteiger partial charge in [0.2, 0.25) is 5.43 Å². The summed E-state index contributed by atoms with van der Waals surface area (Å²) in [5.74, 6) is 5.28. The van der Waals surface area contributed by atoms with Crippen LogP contribution in [0.1, 0.15) is 54.1 Å². The molecule has 0 atom stereocenters. The Bertz CT molecular complexity index is 724. The number of pyridine rings is 1. The third-order valence-electron chi connectivity index (χ3n) is 4.02. The molecule has 0 aliphatic heterocycles. The highest BCUT2D eigenvalue weighted by Gasteiger charge is 2.25. The number of rotatable bonds is 2. The monoisotopic (exact) mass is 275 g/mol. The second-order valence-electron chi connectivity index (χ2n) is 5.28. The second-order valence-corrected chi connectivity index (χ2v) is 5.28. The molecule has 0 saturated heterocycles. The fraction of sp³-hybridized carbons (Fsp3) is 0.462. The van der Waals surface area contributed by atoms with Crippen molar-refractivity contribution < 1.29 is 4.79 Å². The van der Waals surface area contributed by atoms with Gasteiger partial charge in [0.15, 0.2) is 5.65 Å². The molecule has 5 N–H and O–H groups in total. The van der Waals surface area contributed by atoms with Crippen molar-refractivity contribution in [2.75, 3.05) is 5.84 Å². The Labute approximate surface area is 114 Å². The topological polar surface area (TPSA) is 120 Å². The standard InChI is InChI=1S/C13H17N5O2/c14-12(20)8-6-16-13-9(11(8)19)10(17-18(13)15)7-4-2-1-3-5-7/h6-7H,1-5,15H2,(H2,14,20)(H,16,19). The summed E-state index contributed by atoms with van der Waals surface area (Å²) in [7, 11) is 0. The number of carbonyl (C=O) groups excluding carboxylic acids is 1. The number of aromatic amines is 1. The molecule has 106 valence electrons. The number of hydrogen-bond donors (Lipinski definition) is 3. The molecule has 1 saturated carbocycles. The minimum atomic E-state index is -0.743. The van der Waals surface area contributed by atoms with Gasteiger partial charge in [0.05, 0.1) is 11.1 Å². The van der Waals surface area contributed by atoms with E-state index in [-0.39, 0.29) is 16.9 Å². The highest BCUT2D eigenvalue weighted by atomic mass is 16.2. The summed E-state index contributed by atoms with van der Waals surface area (Å²) < 4.78 is 0. The van der Waals surface area contributed by atoms with Crippen LogP contribution in [-0.4, -0.2) is 20.8 Å². The number of fused-ring (bicyclic) bond motifs is 1. The number of aromatic nitrogens is 3. The Balaban J connectivity index is 2.24. The van der Waals surface area contributed by atoms with Crippen molar-refractivity contribution >= 4 is 16.9 Å². The van der Waals surface area contributed by atoms with Crippen molar-refractivity contribution in [3.05, 3.63) is 27.7 Å². The van der Waals surface area contributed by atoms with Crippen molar-refractivity contribution in [3.8, 4) is 0 Å². The van der Waals surface area contributed by atoms with Crippen LogP contribution < -0.4 is 17.0 Å². The normalized spacial score (nSPS) is 16.6. The van der Waals surface area contributed by atoms with E-state index >= 15 is 0 Å². The van der Waals surface area contributed by atoms with Crippen LogP contribution in [0, 0.1) is 0 Å². The summed E-state index contributed by atoms with van der Waals surface area (Å²) >= 11 is 0. The van der Waals surface area contributed by atoms with Gasteiger partial charge < -0.3 is 16.6 Å². The molecule has 7 heteroatoms. The third kappa shape index (κ3) is 1.86. The fourth-order valence-corrected chi connectivity index (χ4v) is 3.00. The van der Waals surface area contributed by atoms with E-state index in [1.165, 1.54) is 17.4 Å². The van der Waals surface area contributed by atoms with Gasteiger partial charge in [-0.3, -0.25) is 9.59 Å². The molecule has 2 aromatic rings. The predicted molar refractivity (Wildman–Crippen MR) is 74.8 cm³/mol. The minimum absolute atomic E-state index is 0.0532. The molecule has 7 nitrogen and oxygen atoms in total. The Kier molecular flexibility index (Phi) is 2.96. The van der Waals surface area contributed by atoms with E-state index in [1.807, 2.05) is 0 Å². The first kappa shape index (κ1) is 12.7. The zero-order chi connectivity index (χ0) is 14.3. The summed E-state index contributed by atoms with van der Waals surface area (Å²) in [4.78, 5) is 27.7. The first-order valence-corrected chi connectivity index (χ1v) is 6.78. The van der Waals surface area contributed by atoms with Crippen LogP contribution in [0.4, 0.5) is 0 Å². The molecule has 1 aliphatic rings. The number of primary amides is 1. The maximum atomic E-state index is 12.4. The van der Waals surface area contributed by atoms with Crippen molar-refractivity contribution in [3.63, 3.8) is 0 Å². The Morgan fingerprint density at radius 1 is 1.35 bits per heavy atom. The van der Waals surface area contributed by atoms with Crippen LogP contribution in [0.3, 0.4) is 0 Å². The van der Waals surface area contributed by atoms with Crippen LogP contribution >= 0.6 is 0 Å². The van der Waals surface area contributed by atoms with E-state index in [0.717, 1.165) is 25.7 Å². The first-order valence-electron chi connectivity index (χ1n) is 6.78. The molecule has 0 unspecified atom stereocenters. The largest absolute Gasteiger partial charge is 0.365 e. The molecule has 1 fully saturated rings. The molecule has 3 rings (SSSR count). The molecular formula is C13H17N5O2. The van der Waals surface area contributed by atoms with Crippen LogP contribution in [0.5, 0.6) is 0 Å². The Morgan fingerprint density at radius 3 is 2.70 bits per heavy atom. The van der Waals surface area contributed by atoms with E-state index in [1.54, 1.807) is 0 Å². The van der Waals surface area contributed by atoms with E-state index in [9.17, 15) is 9.59 Å². The van der Waals surface area contributed by atoms with Gasteiger partial charge in [-0.2, -0.15) is 9.89 Å². The average Bonchev–Trinajstić information content (AvgIpc) is 2.78. The smallest absolute Gasteiger partial charge is 0.254 e. The van der Waals surface area contributed by atoms with Gasteiger partial charge in [-0.05, 0) is 12.8 Å². The van der Waals surface area contributed by atoms with Gasteiger partial charge in [-0.15, -0.1) is 0 Å². The zero-order valence-corrected chi connectivity index (χ0v) is 11.1. The zero-order valence-electron chi connectivity index (χ0n) is 11.1. The van der Waals surface area contributed by atoms with Crippen molar-refractivity contribution in [1.82, 2.24) is 14.9 Å². The quantitative estimate of drug-likeness (QED) is 0.694. The Hall–Kier alpha value is -2.31. The maximum absolute atomic E-state index is 12.4. The number of nitrogens with two attached hydrogens (primary N) is 2. The van der Waals surface area contributed by atoms with Crippen LogP contribution in [0.15, 0.2) is 11.0 Å². The summed E-state index contributed by atoms with van der Waals surface area (Å²) in [5, 5.41) is 4.68. The molecule has 0 bridgehead atoms. The van der Waals surface area contributed by atoms with Gasteiger partial charge in [-0.25, -0.2) is 0 Å². The molecule has 1 aliphatic carbocycles. The molecule has 0 radical (unpaired) electrons. The SMILES string of the molecule is NC(=O)c1c[nH]c2c(c(C3CCCCC3)nn2N)c1=O. The van der Waals surface area contributed by atoms with Gasteiger partial charge in [0.1, 0.15) is 5.56 Å². The van der Waals surface area contributed by atoms with Gasteiger partial charge in [-0.1, -0.05) is 19.3 Å². The Morgan fingerprint density at radius 2 is 2.05 bits per heavy atom. The number of nitrogen functional groups attached to an aromatic ring is 1. The first-order chi connectivity index (χ1) is 9.59. The molecule has 2 heterocycles. The van der Waals surface area contributed by atoms with E-state index in [0.29, 0.717) is 16.7 Å². The van der Waals surface area contributed by atoms with Crippen molar-refractivity contribution in [2.24, 2.45) is 5.73 Å². The van der Waals surface area contributed by atoms with E-state index < -0.39 is 5.91 Å². The fourth-order valence-electron chi connectivity index (χ4n) is 3.00. The molecule has 2 aromatic heterocycles. The molecule has 0 aromatic carbocycles. The maximum Gasteiger partial charge on any atom is 0.254 e. The lowest BCUT2D eigenvalue weighted by Crippen LogP contribution is -2.23. The highest BCUT2D eigenvalue weighted by molar-refractivity contribution is 5.96.